The van der Waals surface area contributed by atoms with E-state index < -0.39 is 19.9 Å². The Morgan fingerprint density at radius 1 is 0.960 bits per heavy atom. The van der Waals surface area contributed by atoms with Crippen molar-refractivity contribution in [1.29, 1.82) is 0 Å². The predicted octanol–water partition coefficient (Wildman–Crippen LogP) is 2.69. The van der Waals surface area contributed by atoms with Crippen molar-refractivity contribution in [1.82, 2.24) is 4.90 Å². The topological polar surface area (TPSA) is 83.9 Å². The van der Waals surface area contributed by atoms with Gasteiger partial charge in [-0.15, -0.1) is 4.40 Å². The van der Waals surface area contributed by atoms with E-state index in [9.17, 15) is 16.8 Å². The van der Waals surface area contributed by atoms with Crippen molar-refractivity contribution in [3.05, 3.63) is 54.1 Å². The highest BCUT2D eigenvalue weighted by molar-refractivity contribution is 9.08. The van der Waals surface area contributed by atoms with E-state index in [2.05, 4.69) is 20.3 Å². The van der Waals surface area contributed by atoms with Gasteiger partial charge in [-0.25, -0.2) is 8.42 Å². The first-order valence-electron chi connectivity index (χ1n) is 7.14. The van der Waals surface area contributed by atoms with E-state index in [0.29, 0.717) is 5.33 Å². The van der Waals surface area contributed by atoms with Crippen molar-refractivity contribution < 1.29 is 16.8 Å². The first kappa shape index (κ1) is 19.6. The number of hydrogen-bond donors (Lipinski definition) is 0. The van der Waals surface area contributed by atoms with E-state index in [-0.39, 0.29) is 14.7 Å². The van der Waals surface area contributed by atoms with Crippen LogP contribution in [0.2, 0.25) is 0 Å². The number of alkyl halides is 1. The third-order valence-electron chi connectivity index (χ3n) is 3.22. The number of nitrogens with zero attached hydrogens (tertiary/aromatic N) is 2. The van der Waals surface area contributed by atoms with Gasteiger partial charge >= 0.3 is 0 Å². The molecule has 0 aliphatic carbocycles. The lowest BCUT2D eigenvalue weighted by molar-refractivity contribution is 0.582. The van der Waals surface area contributed by atoms with Gasteiger partial charge < -0.3 is 4.90 Å². The van der Waals surface area contributed by atoms with Crippen LogP contribution in [0.3, 0.4) is 0 Å². The Balaban J connectivity index is 2.60. The van der Waals surface area contributed by atoms with Crippen molar-refractivity contribution in [3.8, 4) is 0 Å². The van der Waals surface area contributed by atoms with Gasteiger partial charge in [0, 0.05) is 19.4 Å². The van der Waals surface area contributed by atoms with E-state index in [1.165, 1.54) is 41.3 Å². The number of benzene rings is 2. The molecule has 0 N–H and O–H groups in total. The molecule has 25 heavy (non-hydrogen) atoms. The van der Waals surface area contributed by atoms with Crippen molar-refractivity contribution in [2.45, 2.75) is 20.0 Å². The fourth-order valence-electron chi connectivity index (χ4n) is 1.98. The largest absolute Gasteiger partial charge is 0.368 e. The molecule has 0 heterocycles. The number of sulfone groups is 1. The fourth-order valence-corrected chi connectivity index (χ4v) is 5.34. The molecular formula is C16H17BrN2O4S2. The van der Waals surface area contributed by atoms with Crippen molar-refractivity contribution in [2.75, 3.05) is 14.1 Å². The molecule has 0 saturated heterocycles. The molecule has 0 spiro atoms. The zero-order valence-corrected chi connectivity index (χ0v) is 16.8. The summed E-state index contributed by atoms with van der Waals surface area (Å²) < 4.78 is 54.2. The van der Waals surface area contributed by atoms with Crippen LogP contribution in [0.1, 0.15) is 5.56 Å². The highest BCUT2D eigenvalue weighted by Gasteiger charge is 2.27. The molecule has 0 radical (unpaired) electrons. The van der Waals surface area contributed by atoms with Gasteiger partial charge in [0.1, 0.15) is 11.2 Å². The van der Waals surface area contributed by atoms with Crippen LogP contribution in [0.5, 0.6) is 0 Å². The van der Waals surface area contributed by atoms with Crippen LogP contribution in [-0.4, -0.2) is 42.2 Å². The summed E-state index contributed by atoms with van der Waals surface area (Å²) in [4.78, 5) is 0.833. The standard InChI is InChI=1S/C16H17BrN2O4S2/c1-19(2)12-18-25(22,23)16-6-4-3-5-15(16)24(20,21)14-9-7-13(11-17)8-10-14/h3-10,12H,11H2,1-2H3. The zero-order valence-electron chi connectivity index (χ0n) is 13.6. The van der Waals surface area contributed by atoms with Crippen LogP contribution in [0.25, 0.3) is 0 Å². The summed E-state index contributed by atoms with van der Waals surface area (Å²) in [6.07, 6.45) is 1.11. The fraction of sp³-hybridized carbons (Fsp3) is 0.188. The molecule has 0 saturated carbocycles. The Morgan fingerprint density at radius 2 is 1.52 bits per heavy atom. The van der Waals surface area contributed by atoms with Gasteiger partial charge in [-0.1, -0.05) is 40.2 Å². The van der Waals surface area contributed by atoms with Gasteiger partial charge in [0.25, 0.3) is 10.0 Å². The molecule has 0 fully saturated rings. The third kappa shape index (κ3) is 4.47. The van der Waals surface area contributed by atoms with Crippen LogP contribution < -0.4 is 0 Å². The number of halogens is 1. The van der Waals surface area contributed by atoms with Gasteiger partial charge in [0.2, 0.25) is 9.84 Å². The smallest absolute Gasteiger partial charge is 0.284 e. The van der Waals surface area contributed by atoms with Crippen LogP contribution in [0.4, 0.5) is 0 Å². The molecule has 2 aromatic rings. The second-order valence-electron chi connectivity index (χ2n) is 5.39. The molecule has 0 amide bonds. The molecule has 0 atom stereocenters. The number of sulfonamides is 1. The van der Waals surface area contributed by atoms with Crippen molar-refractivity contribution in [2.24, 2.45) is 4.40 Å². The maximum Gasteiger partial charge on any atom is 0.284 e. The highest BCUT2D eigenvalue weighted by atomic mass is 79.9. The van der Waals surface area contributed by atoms with Crippen LogP contribution >= 0.6 is 15.9 Å². The summed E-state index contributed by atoms with van der Waals surface area (Å²) in [6, 6.07) is 11.7. The minimum Gasteiger partial charge on any atom is -0.368 e. The quantitative estimate of drug-likeness (QED) is 0.388. The Hall–Kier alpha value is -1.71. The van der Waals surface area contributed by atoms with Crippen LogP contribution in [0.15, 0.2) is 67.6 Å². The predicted molar refractivity (Wildman–Crippen MR) is 100 cm³/mol. The molecule has 6 nitrogen and oxygen atoms in total. The molecule has 2 aromatic carbocycles. The molecule has 134 valence electrons. The summed E-state index contributed by atoms with van der Waals surface area (Å²) >= 11 is 3.30. The maximum absolute atomic E-state index is 12.9. The Labute approximate surface area is 156 Å². The minimum absolute atomic E-state index is 0.0245. The lowest BCUT2D eigenvalue weighted by Gasteiger charge is -2.10. The first-order chi connectivity index (χ1) is 11.7. The van der Waals surface area contributed by atoms with Gasteiger partial charge in [0.05, 0.1) is 9.79 Å². The molecule has 2 rings (SSSR count). The van der Waals surface area contributed by atoms with E-state index >= 15 is 0 Å². The van der Waals surface area contributed by atoms with Gasteiger partial charge in [-0.05, 0) is 29.8 Å². The van der Waals surface area contributed by atoms with Crippen molar-refractivity contribution in [3.63, 3.8) is 0 Å². The molecule has 0 unspecified atom stereocenters. The average Bonchev–Trinajstić information content (AvgIpc) is 2.60. The first-order valence-corrected chi connectivity index (χ1v) is 11.2. The Bertz CT molecular complexity index is 983. The molecule has 9 heteroatoms. The van der Waals surface area contributed by atoms with Gasteiger partial charge in [-0.2, -0.15) is 8.42 Å². The Kier molecular flexibility index (Phi) is 6.02. The minimum atomic E-state index is -4.15. The Morgan fingerprint density at radius 3 is 2.04 bits per heavy atom. The lowest BCUT2D eigenvalue weighted by Crippen LogP contribution is -2.12. The normalized spacial score (nSPS) is 12.4. The second kappa shape index (κ2) is 7.67. The molecule has 0 bridgehead atoms. The van der Waals surface area contributed by atoms with Gasteiger partial charge in [0.15, 0.2) is 0 Å². The van der Waals surface area contributed by atoms with E-state index in [0.717, 1.165) is 11.9 Å². The van der Waals surface area contributed by atoms with Crippen molar-refractivity contribution >= 4 is 42.1 Å². The maximum atomic E-state index is 12.9. The van der Waals surface area contributed by atoms with E-state index in [4.69, 9.17) is 0 Å². The summed E-state index contributed by atoms with van der Waals surface area (Å²) in [7, 11) is -4.91. The lowest BCUT2D eigenvalue weighted by atomic mass is 10.2. The van der Waals surface area contributed by atoms with Crippen LogP contribution in [-0.2, 0) is 25.2 Å². The third-order valence-corrected chi connectivity index (χ3v) is 7.11. The van der Waals surface area contributed by atoms with E-state index in [1.807, 2.05) is 0 Å². The number of hydrogen-bond acceptors (Lipinski definition) is 4. The SMILES string of the molecule is CN(C)C=NS(=O)(=O)c1ccccc1S(=O)(=O)c1ccc(CBr)cc1. The monoisotopic (exact) mass is 444 g/mol. The molecule has 0 aromatic heterocycles. The zero-order chi connectivity index (χ0) is 18.7. The number of rotatable bonds is 6. The summed E-state index contributed by atoms with van der Waals surface area (Å²) in [5, 5.41) is 0.595. The van der Waals surface area contributed by atoms with Crippen LogP contribution in [0, 0.1) is 0 Å². The molecular weight excluding hydrogens is 428 g/mol. The summed E-state index contributed by atoms with van der Waals surface area (Å²) in [6.45, 7) is 0. The molecule has 0 aliphatic heterocycles. The highest BCUT2D eigenvalue weighted by Crippen LogP contribution is 2.28. The summed E-state index contributed by atoms with van der Waals surface area (Å²) in [5.41, 5.74) is 0.912. The average molecular weight is 445 g/mol. The second-order valence-corrected chi connectivity index (χ2v) is 9.47. The van der Waals surface area contributed by atoms with E-state index in [1.54, 1.807) is 26.2 Å². The summed E-state index contributed by atoms with van der Waals surface area (Å²) in [5.74, 6) is 0. The molecule has 0 aliphatic rings. The van der Waals surface area contributed by atoms with Gasteiger partial charge in [-0.3, -0.25) is 0 Å².